The maximum Gasteiger partial charge on any atom is 0.323 e. The highest BCUT2D eigenvalue weighted by Gasteiger charge is 2.40. The number of urea groups is 1. The smallest absolute Gasteiger partial charge is 0.323 e. The first kappa shape index (κ1) is 31.3. The summed E-state index contributed by atoms with van der Waals surface area (Å²) in [6.45, 7) is 0.266. The standard InChI is InChI=1S/C31H34N2O6.CH4O/c1-32-30(35)33(20-7-21-34)29-19-18-28(39-29)22-38-31(23-8-5-4-6-9-23,24-10-14-26(36-2)15-11-24)25-12-16-27(37-3)17-13-25;1-2/h4-17,20-21,28-29H,18-19,22H2,1-3H3,(H,32,35);2H,1H3/b20-7-;/t28-,29?;/m0./s1. The summed E-state index contributed by atoms with van der Waals surface area (Å²) in [5.41, 5.74) is 1.85. The number of nitrogens with zero attached hydrogens (tertiary/aromatic N) is 1. The molecule has 0 aromatic heterocycles. The lowest BCUT2D eigenvalue weighted by Gasteiger charge is -2.37. The molecule has 2 atom stereocenters. The number of nitrogens with one attached hydrogen (secondary N) is 1. The van der Waals surface area contributed by atoms with Gasteiger partial charge in [-0.05, 0) is 59.9 Å². The molecular formula is C32H38N2O7. The summed E-state index contributed by atoms with van der Waals surface area (Å²) < 4.78 is 24.0. The van der Waals surface area contributed by atoms with Crippen LogP contribution >= 0.6 is 0 Å². The number of amides is 2. The van der Waals surface area contributed by atoms with Crippen LogP contribution in [0.4, 0.5) is 4.79 Å². The second-order valence-electron chi connectivity index (χ2n) is 9.05. The van der Waals surface area contributed by atoms with Crippen molar-refractivity contribution < 1.29 is 33.6 Å². The van der Waals surface area contributed by atoms with Crippen LogP contribution in [0.15, 0.2) is 91.1 Å². The molecule has 9 nitrogen and oxygen atoms in total. The van der Waals surface area contributed by atoms with Crippen molar-refractivity contribution in [1.29, 1.82) is 0 Å². The van der Waals surface area contributed by atoms with Crippen LogP contribution in [-0.4, -0.2) is 69.6 Å². The number of carbonyl (C=O) groups is 2. The molecule has 1 aliphatic rings. The zero-order chi connectivity index (χ0) is 29.7. The summed E-state index contributed by atoms with van der Waals surface area (Å²) in [7, 11) is 5.82. The van der Waals surface area contributed by atoms with Gasteiger partial charge in [0.1, 0.15) is 29.6 Å². The van der Waals surface area contributed by atoms with Gasteiger partial charge in [0.15, 0.2) is 0 Å². The summed E-state index contributed by atoms with van der Waals surface area (Å²) >= 11 is 0. The van der Waals surface area contributed by atoms with E-state index in [0.717, 1.165) is 35.3 Å². The Morgan fingerprint density at radius 1 is 0.927 bits per heavy atom. The van der Waals surface area contributed by atoms with Crippen LogP contribution in [0.25, 0.3) is 0 Å². The first-order valence-electron chi connectivity index (χ1n) is 13.3. The Morgan fingerprint density at radius 3 is 1.95 bits per heavy atom. The minimum Gasteiger partial charge on any atom is -0.497 e. The van der Waals surface area contributed by atoms with Gasteiger partial charge in [0.25, 0.3) is 0 Å². The van der Waals surface area contributed by atoms with Gasteiger partial charge < -0.3 is 29.4 Å². The number of aliphatic hydroxyl groups is 1. The molecule has 3 aromatic rings. The molecule has 0 radical (unpaired) electrons. The molecule has 41 heavy (non-hydrogen) atoms. The van der Waals surface area contributed by atoms with E-state index >= 15 is 0 Å². The highest BCUT2D eigenvalue weighted by molar-refractivity contribution is 5.76. The van der Waals surface area contributed by atoms with E-state index in [-0.39, 0.29) is 18.7 Å². The second-order valence-corrected chi connectivity index (χ2v) is 9.05. The zero-order valence-electron chi connectivity index (χ0n) is 23.9. The highest BCUT2D eigenvalue weighted by atomic mass is 16.6. The van der Waals surface area contributed by atoms with Gasteiger partial charge in [-0.2, -0.15) is 0 Å². The molecular weight excluding hydrogens is 524 g/mol. The summed E-state index contributed by atoms with van der Waals surface area (Å²) in [6, 6.07) is 25.4. The Bertz CT molecular complexity index is 1200. The van der Waals surface area contributed by atoms with Gasteiger partial charge >= 0.3 is 6.03 Å². The lowest BCUT2D eigenvalue weighted by Crippen LogP contribution is -2.42. The van der Waals surface area contributed by atoms with Crippen LogP contribution in [0, 0.1) is 0 Å². The van der Waals surface area contributed by atoms with Gasteiger partial charge in [0.05, 0.1) is 26.9 Å². The number of aldehydes is 1. The van der Waals surface area contributed by atoms with E-state index in [0.29, 0.717) is 19.1 Å². The number of carbonyl (C=O) groups excluding carboxylic acids is 2. The van der Waals surface area contributed by atoms with Crippen molar-refractivity contribution in [2.75, 3.05) is 35.0 Å². The lowest BCUT2D eigenvalue weighted by molar-refractivity contribution is -0.104. The number of methoxy groups -OCH3 is 2. The SMILES string of the molecule is CNC(=O)N(/C=C\C=O)C1CC[C@@H](COC(c2ccccc2)(c2ccc(OC)cc2)c2ccc(OC)cc2)O1.CO. The van der Waals surface area contributed by atoms with Crippen molar-refractivity contribution >= 4 is 12.3 Å². The summed E-state index contributed by atoms with van der Waals surface area (Å²) in [5, 5.41) is 9.59. The Labute approximate surface area is 241 Å². The van der Waals surface area contributed by atoms with Crippen molar-refractivity contribution in [3.05, 3.63) is 108 Å². The number of rotatable bonds is 11. The Morgan fingerprint density at radius 2 is 1.46 bits per heavy atom. The predicted molar refractivity (Wildman–Crippen MR) is 156 cm³/mol. The molecule has 3 aromatic carbocycles. The average Bonchev–Trinajstić information content (AvgIpc) is 3.52. The van der Waals surface area contributed by atoms with E-state index in [2.05, 4.69) is 5.32 Å². The van der Waals surface area contributed by atoms with Crippen molar-refractivity contribution in [3.8, 4) is 11.5 Å². The van der Waals surface area contributed by atoms with Gasteiger partial charge in [0, 0.05) is 20.4 Å². The number of hydrogen-bond acceptors (Lipinski definition) is 7. The Hall–Kier alpha value is -4.18. The molecule has 0 bridgehead atoms. The molecule has 0 aliphatic carbocycles. The first-order chi connectivity index (χ1) is 20.0. The minimum atomic E-state index is -0.959. The number of hydrogen-bond donors (Lipinski definition) is 2. The Balaban J connectivity index is 0.00000226. The van der Waals surface area contributed by atoms with Crippen molar-refractivity contribution in [3.63, 3.8) is 0 Å². The molecule has 1 fully saturated rings. The highest BCUT2D eigenvalue weighted by Crippen LogP contribution is 2.42. The molecule has 0 saturated carbocycles. The fourth-order valence-electron chi connectivity index (χ4n) is 4.86. The van der Waals surface area contributed by atoms with Gasteiger partial charge in [-0.3, -0.25) is 9.69 Å². The lowest BCUT2D eigenvalue weighted by atomic mass is 9.80. The maximum absolute atomic E-state index is 12.4. The van der Waals surface area contributed by atoms with Crippen molar-refractivity contribution in [2.45, 2.75) is 30.8 Å². The minimum absolute atomic E-state index is 0.266. The van der Waals surface area contributed by atoms with Crippen LogP contribution in [0.1, 0.15) is 29.5 Å². The normalized spacial score (nSPS) is 16.4. The van der Waals surface area contributed by atoms with E-state index in [9.17, 15) is 9.59 Å². The number of benzene rings is 3. The summed E-state index contributed by atoms with van der Waals surface area (Å²) in [4.78, 5) is 24.7. The van der Waals surface area contributed by atoms with E-state index in [1.807, 2.05) is 78.9 Å². The monoisotopic (exact) mass is 562 g/mol. The van der Waals surface area contributed by atoms with E-state index in [1.54, 1.807) is 14.2 Å². The maximum atomic E-state index is 12.4. The number of aliphatic hydroxyl groups excluding tert-OH is 1. The Kier molecular flexibility index (Phi) is 11.9. The van der Waals surface area contributed by atoms with Crippen molar-refractivity contribution in [1.82, 2.24) is 10.2 Å². The molecule has 1 saturated heterocycles. The van der Waals surface area contributed by atoms with Crippen LogP contribution in [0.2, 0.25) is 0 Å². The van der Waals surface area contributed by atoms with Crippen LogP contribution < -0.4 is 14.8 Å². The molecule has 4 rings (SSSR count). The van der Waals surface area contributed by atoms with Crippen molar-refractivity contribution in [2.24, 2.45) is 0 Å². The quantitative estimate of drug-likeness (QED) is 0.202. The molecule has 1 unspecified atom stereocenters. The third kappa shape index (κ3) is 7.32. The third-order valence-electron chi connectivity index (χ3n) is 6.83. The van der Waals surface area contributed by atoms with E-state index in [4.69, 9.17) is 24.1 Å². The first-order valence-corrected chi connectivity index (χ1v) is 13.3. The van der Waals surface area contributed by atoms with E-state index < -0.39 is 11.8 Å². The van der Waals surface area contributed by atoms with E-state index in [1.165, 1.54) is 24.2 Å². The third-order valence-corrected chi connectivity index (χ3v) is 6.83. The number of allylic oxidation sites excluding steroid dienone is 1. The molecule has 0 spiro atoms. The van der Waals surface area contributed by atoms with Gasteiger partial charge in [0.2, 0.25) is 0 Å². The summed E-state index contributed by atoms with van der Waals surface area (Å²) in [5.74, 6) is 1.49. The predicted octanol–water partition coefficient (Wildman–Crippen LogP) is 4.48. The molecule has 1 heterocycles. The fourth-order valence-corrected chi connectivity index (χ4v) is 4.86. The molecule has 9 heteroatoms. The van der Waals surface area contributed by atoms with Crippen LogP contribution in [0.5, 0.6) is 11.5 Å². The van der Waals surface area contributed by atoms with Gasteiger partial charge in [-0.25, -0.2) is 4.79 Å². The topological polar surface area (TPSA) is 107 Å². The fraction of sp³-hybridized carbons (Fsp3) is 0.312. The van der Waals surface area contributed by atoms with Gasteiger partial charge in [-0.15, -0.1) is 0 Å². The average molecular weight is 563 g/mol. The molecule has 2 N–H and O–H groups in total. The van der Waals surface area contributed by atoms with Crippen LogP contribution in [0.3, 0.4) is 0 Å². The van der Waals surface area contributed by atoms with Gasteiger partial charge in [-0.1, -0.05) is 54.6 Å². The zero-order valence-corrected chi connectivity index (χ0v) is 23.9. The number of ether oxygens (including phenoxy) is 4. The molecule has 1 aliphatic heterocycles. The largest absolute Gasteiger partial charge is 0.497 e. The molecule has 2 amide bonds. The molecule has 218 valence electrons. The van der Waals surface area contributed by atoms with Crippen LogP contribution in [-0.2, 0) is 19.9 Å². The summed E-state index contributed by atoms with van der Waals surface area (Å²) in [6.07, 6.45) is 3.84. The second kappa shape index (κ2) is 15.6.